The van der Waals surface area contributed by atoms with Gasteiger partial charge in [-0.15, -0.1) is 0 Å². The van der Waals surface area contributed by atoms with Crippen molar-refractivity contribution in [3.63, 3.8) is 0 Å². The van der Waals surface area contributed by atoms with Crippen molar-refractivity contribution < 1.29 is 28.5 Å². The lowest BCUT2D eigenvalue weighted by Crippen LogP contribution is -2.49. The zero-order chi connectivity index (χ0) is 21.0. The first-order valence-corrected chi connectivity index (χ1v) is 9.91. The van der Waals surface area contributed by atoms with Crippen LogP contribution in [0.15, 0.2) is 0 Å². The molecule has 6 nitrogen and oxygen atoms in total. The fraction of sp³-hybridized carbons (Fsp3) is 0.905. The molecule has 0 aliphatic rings. The molecule has 0 aromatic heterocycles. The highest BCUT2D eigenvalue weighted by molar-refractivity contribution is 5.85. The van der Waals surface area contributed by atoms with E-state index in [1.807, 2.05) is 61.7 Å². The van der Waals surface area contributed by atoms with E-state index in [-0.39, 0.29) is 50.8 Å². The first-order valence-electron chi connectivity index (χ1n) is 9.91. The molecule has 0 spiro atoms. The van der Waals surface area contributed by atoms with Crippen LogP contribution in [0.2, 0.25) is 0 Å². The van der Waals surface area contributed by atoms with Gasteiger partial charge in [-0.25, -0.2) is 0 Å². The van der Waals surface area contributed by atoms with Crippen LogP contribution >= 0.6 is 0 Å². The third kappa shape index (κ3) is 9.79. The van der Waals surface area contributed by atoms with E-state index in [0.29, 0.717) is 6.29 Å². The van der Waals surface area contributed by atoms with Crippen LogP contribution in [-0.2, 0) is 28.5 Å². The molecule has 0 atom stereocenters. The molecule has 6 heteroatoms. The first-order chi connectivity index (χ1) is 12.6. The monoisotopic (exact) mass is 387 g/mol. The maximum absolute atomic E-state index is 12.2. The van der Waals surface area contributed by atoms with Crippen molar-refractivity contribution in [3.8, 4) is 0 Å². The number of carbonyl (C=O) groups is 1. The van der Waals surface area contributed by atoms with Gasteiger partial charge in [-0.3, -0.25) is 4.79 Å². The Balaban J connectivity index is 5.72. The summed E-state index contributed by atoms with van der Waals surface area (Å²) in [5.41, 5.74) is -1.42. The van der Waals surface area contributed by atoms with Crippen molar-refractivity contribution in [2.75, 3.05) is 26.4 Å². The summed E-state index contributed by atoms with van der Waals surface area (Å²) in [5.74, 6) is -0.956. The molecule has 0 aliphatic heterocycles. The Bertz CT molecular complexity index is 343. The van der Waals surface area contributed by atoms with Crippen LogP contribution in [0.5, 0.6) is 0 Å². The second-order valence-electron chi connectivity index (χ2n) is 8.08. The predicted octanol–water partition coefficient (Wildman–Crippen LogP) is 3.21. The summed E-state index contributed by atoms with van der Waals surface area (Å²) in [4.78, 5) is 24.4. The molecule has 0 fully saturated rings. The van der Waals surface area contributed by atoms with Crippen LogP contribution in [0.3, 0.4) is 0 Å². The SMILES string of the molecule is CC(C)OCC(COC(C)C)C([C]=O)(C=O)C(COC(C)C)COC(C)C. The second-order valence-corrected chi connectivity index (χ2v) is 8.08. The van der Waals surface area contributed by atoms with Crippen molar-refractivity contribution in [1.82, 2.24) is 0 Å². The number of hydrogen-bond donors (Lipinski definition) is 0. The summed E-state index contributed by atoms with van der Waals surface area (Å²) >= 11 is 0. The van der Waals surface area contributed by atoms with Gasteiger partial charge in [-0.2, -0.15) is 0 Å². The Morgan fingerprint density at radius 2 is 0.926 bits per heavy atom. The number of carbonyl (C=O) groups excluding carboxylic acids is 2. The molecule has 0 amide bonds. The van der Waals surface area contributed by atoms with E-state index in [1.54, 1.807) is 0 Å². The Hall–Kier alpha value is -0.820. The standard InChI is InChI=1S/C21H39O6/c1-15(2)24-9-19(10-25-16(3)4)21(13-22,14-23)20(11-26-17(5)6)12-27-18(7)8/h13,15-20H,9-12H2,1-8H3. The normalized spacial score (nSPS) is 13.0. The van der Waals surface area contributed by atoms with E-state index in [1.165, 1.54) is 0 Å². The van der Waals surface area contributed by atoms with E-state index in [9.17, 15) is 9.59 Å². The average molecular weight is 388 g/mol. The van der Waals surface area contributed by atoms with Gasteiger partial charge in [0.2, 0.25) is 6.29 Å². The van der Waals surface area contributed by atoms with Crippen molar-refractivity contribution in [2.24, 2.45) is 17.3 Å². The van der Waals surface area contributed by atoms with Crippen LogP contribution in [0.1, 0.15) is 55.4 Å². The Labute approximate surface area is 165 Å². The lowest BCUT2D eigenvalue weighted by molar-refractivity contribution is -0.131. The molecule has 0 saturated carbocycles. The molecule has 0 aliphatic carbocycles. The number of ether oxygens (including phenoxy) is 4. The van der Waals surface area contributed by atoms with Gasteiger partial charge in [0, 0.05) is 11.8 Å². The number of rotatable bonds is 16. The molecule has 0 unspecified atom stereocenters. The maximum Gasteiger partial charge on any atom is 0.213 e. The third-order valence-electron chi connectivity index (χ3n) is 4.25. The van der Waals surface area contributed by atoms with E-state index < -0.39 is 17.3 Å². The molecule has 0 aromatic carbocycles. The number of aldehydes is 1. The molecule has 0 heterocycles. The number of hydrogen-bond acceptors (Lipinski definition) is 6. The zero-order valence-electron chi connectivity index (χ0n) is 18.3. The van der Waals surface area contributed by atoms with Gasteiger partial charge in [-0.05, 0) is 55.4 Å². The summed E-state index contributed by atoms with van der Waals surface area (Å²) in [7, 11) is 0. The van der Waals surface area contributed by atoms with Crippen molar-refractivity contribution >= 4 is 12.6 Å². The Kier molecular flexibility index (Phi) is 13.0. The first kappa shape index (κ1) is 26.2. The largest absolute Gasteiger partial charge is 0.378 e. The maximum atomic E-state index is 12.2. The van der Waals surface area contributed by atoms with Gasteiger partial charge >= 0.3 is 0 Å². The van der Waals surface area contributed by atoms with Crippen LogP contribution in [-0.4, -0.2) is 63.4 Å². The summed E-state index contributed by atoms with van der Waals surface area (Å²) in [6.45, 7) is 16.2. The molecule has 0 N–H and O–H groups in total. The van der Waals surface area contributed by atoms with E-state index in [2.05, 4.69) is 0 Å². The zero-order valence-corrected chi connectivity index (χ0v) is 18.3. The highest BCUT2D eigenvalue weighted by Crippen LogP contribution is 2.35. The predicted molar refractivity (Wildman–Crippen MR) is 106 cm³/mol. The Morgan fingerprint density at radius 3 is 1.07 bits per heavy atom. The highest BCUT2D eigenvalue weighted by atomic mass is 16.5. The quantitative estimate of drug-likeness (QED) is 0.299. The summed E-state index contributed by atoms with van der Waals surface area (Å²) in [6, 6.07) is 0. The molecule has 27 heavy (non-hydrogen) atoms. The Morgan fingerprint density at radius 1 is 0.667 bits per heavy atom. The van der Waals surface area contributed by atoms with E-state index in [4.69, 9.17) is 18.9 Å². The van der Waals surface area contributed by atoms with Gasteiger partial charge in [0.1, 0.15) is 11.7 Å². The lowest BCUT2D eigenvalue weighted by atomic mass is 9.69. The van der Waals surface area contributed by atoms with Crippen LogP contribution in [0, 0.1) is 17.3 Å². The highest BCUT2D eigenvalue weighted by Gasteiger charge is 2.47. The minimum absolute atomic E-state index is 0.0279. The van der Waals surface area contributed by atoms with Crippen molar-refractivity contribution in [2.45, 2.75) is 79.8 Å². The summed E-state index contributed by atoms with van der Waals surface area (Å²) in [5, 5.41) is 0. The molecular formula is C21H39O6. The lowest BCUT2D eigenvalue weighted by Gasteiger charge is -2.38. The molecular weight excluding hydrogens is 348 g/mol. The van der Waals surface area contributed by atoms with Crippen molar-refractivity contribution in [3.05, 3.63) is 0 Å². The van der Waals surface area contributed by atoms with Gasteiger partial charge < -0.3 is 23.7 Å². The van der Waals surface area contributed by atoms with Crippen molar-refractivity contribution in [1.29, 1.82) is 0 Å². The van der Waals surface area contributed by atoms with Crippen LogP contribution < -0.4 is 0 Å². The third-order valence-corrected chi connectivity index (χ3v) is 4.25. The van der Waals surface area contributed by atoms with Crippen LogP contribution in [0.4, 0.5) is 0 Å². The average Bonchev–Trinajstić information content (AvgIpc) is 2.57. The minimum Gasteiger partial charge on any atom is -0.378 e. The molecule has 0 rings (SSSR count). The molecule has 0 saturated heterocycles. The smallest absolute Gasteiger partial charge is 0.213 e. The second kappa shape index (κ2) is 13.4. The topological polar surface area (TPSA) is 71.1 Å². The van der Waals surface area contributed by atoms with Gasteiger partial charge in [0.05, 0.1) is 50.8 Å². The minimum atomic E-state index is -1.42. The van der Waals surface area contributed by atoms with Gasteiger partial charge in [-0.1, -0.05) is 0 Å². The fourth-order valence-corrected chi connectivity index (χ4v) is 2.60. The van der Waals surface area contributed by atoms with E-state index >= 15 is 0 Å². The van der Waals surface area contributed by atoms with Gasteiger partial charge in [0.25, 0.3) is 0 Å². The molecule has 0 bridgehead atoms. The summed E-state index contributed by atoms with van der Waals surface area (Å²) < 4.78 is 23.0. The summed E-state index contributed by atoms with van der Waals surface area (Å²) in [6.07, 6.45) is 2.59. The molecule has 0 aromatic rings. The molecule has 1 radical (unpaired) electrons. The van der Waals surface area contributed by atoms with Gasteiger partial charge in [0.15, 0.2) is 0 Å². The molecule has 159 valence electrons. The fourth-order valence-electron chi connectivity index (χ4n) is 2.60. The van der Waals surface area contributed by atoms with Crippen LogP contribution in [0.25, 0.3) is 0 Å². The van der Waals surface area contributed by atoms with E-state index in [0.717, 1.165) is 0 Å².